The fourth-order valence-corrected chi connectivity index (χ4v) is 1.04. The molecular weight excluding hydrogens is 315 g/mol. The molecule has 16 heavy (non-hydrogen) atoms. The Morgan fingerprint density at radius 1 is 1.44 bits per heavy atom. The summed E-state index contributed by atoms with van der Waals surface area (Å²) in [5.41, 5.74) is 0.857. The predicted octanol–water partition coefficient (Wildman–Crippen LogP) is 1.16. The van der Waals surface area contributed by atoms with E-state index in [1.807, 2.05) is 0 Å². The van der Waals surface area contributed by atoms with E-state index in [0.717, 1.165) is 0 Å². The van der Waals surface area contributed by atoms with Crippen LogP contribution in [0.15, 0.2) is 10.1 Å². The first-order valence-corrected chi connectivity index (χ1v) is 5.21. The van der Waals surface area contributed by atoms with E-state index in [0.29, 0.717) is 18.0 Å². The Morgan fingerprint density at radius 3 is 2.38 bits per heavy atom. The topological polar surface area (TPSA) is 71.2 Å². The van der Waals surface area contributed by atoms with Gasteiger partial charge in [0.15, 0.2) is 6.04 Å². The number of nitrogens with zero attached hydrogens (tertiary/aromatic N) is 2. The van der Waals surface area contributed by atoms with E-state index in [2.05, 4.69) is 22.8 Å². The van der Waals surface area contributed by atoms with Crippen molar-refractivity contribution < 1.29 is 34.8 Å². The van der Waals surface area contributed by atoms with Gasteiger partial charge in [-0.3, -0.25) is 4.99 Å². The zero-order valence-electron chi connectivity index (χ0n) is 9.47. The monoisotopic (exact) mass is 331 g/mol. The van der Waals surface area contributed by atoms with E-state index in [-0.39, 0.29) is 25.9 Å². The summed E-state index contributed by atoms with van der Waals surface area (Å²) < 4.78 is 4.81. The maximum absolute atomic E-state index is 11.3. The fraction of sp³-hybridized carbons (Fsp3) is 0.667. The van der Waals surface area contributed by atoms with Crippen LogP contribution >= 0.6 is 12.6 Å². The number of oxime groups is 1. The van der Waals surface area contributed by atoms with Gasteiger partial charge in [0.25, 0.3) is 0 Å². The molecule has 0 saturated carbocycles. The van der Waals surface area contributed by atoms with Gasteiger partial charge in [0, 0.05) is 25.9 Å². The molecule has 0 unspecified atom stereocenters. The van der Waals surface area contributed by atoms with Gasteiger partial charge in [-0.25, -0.2) is 4.79 Å². The van der Waals surface area contributed by atoms with Gasteiger partial charge in [-0.2, -0.15) is 12.6 Å². The summed E-state index contributed by atoms with van der Waals surface area (Å²) in [7, 11) is 0. The average Bonchev–Trinajstić information content (AvgIpc) is 2.24. The van der Waals surface area contributed by atoms with Crippen LogP contribution in [0.25, 0.3) is 0 Å². The molecule has 0 aromatic rings. The Bertz CT molecular complexity index is 282. The first-order valence-electron chi connectivity index (χ1n) is 4.57. The normalized spacial score (nSPS) is 14.0. The molecule has 0 spiro atoms. The van der Waals surface area contributed by atoms with Gasteiger partial charge in [0.1, 0.15) is 0 Å². The number of esters is 1. The molecule has 0 aromatic heterocycles. The third-order valence-corrected chi connectivity index (χ3v) is 2.10. The largest absolute Gasteiger partial charge is 0.464 e. The Balaban J connectivity index is 0. The van der Waals surface area contributed by atoms with Gasteiger partial charge in [-0.05, 0) is 20.8 Å². The fourth-order valence-electron chi connectivity index (χ4n) is 0.806. The number of hydrogen-bond donors (Lipinski definition) is 2. The number of ether oxygens (including phenoxy) is 1. The van der Waals surface area contributed by atoms with Crippen molar-refractivity contribution >= 4 is 30.0 Å². The predicted molar refractivity (Wildman–Crippen MR) is 62.3 cm³/mol. The molecule has 0 aliphatic heterocycles. The van der Waals surface area contributed by atoms with Crippen LogP contribution in [0.3, 0.4) is 0 Å². The van der Waals surface area contributed by atoms with Crippen LogP contribution in [0, 0.1) is 0 Å². The molecule has 0 aliphatic rings. The average molecular weight is 331 g/mol. The summed E-state index contributed by atoms with van der Waals surface area (Å²) in [6.07, 6.45) is 0. The molecule has 1 atom stereocenters. The molecule has 0 amide bonds. The first-order chi connectivity index (χ1) is 7.06. The maximum Gasteiger partial charge on any atom is 0.331 e. The van der Waals surface area contributed by atoms with Crippen LogP contribution in [-0.2, 0) is 29.6 Å². The van der Waals surface area contributed by atoms with E-state index < -0.39 is 12.0 Å². The van der Waals surface area contributed by atoms with Crippen molar-refractivity contribution in [3.63, 3.8) is 0 Å². The van der Waals surface area contributed by atoms with Crippen LogP contribution < -0.4 is 0 Å². The number of carbonyl (C=O) groups excluding carboxylic acids is 1. The molecule has 0 heterocycles. The molecule has 0 saturated heterocycles. The third kappa shape index (κ3) is 6.25. The molecule has 0 aliphatic carbocycles. The Morgan fingerprint density at radius 2 is 2.00 bits per heavy atom. The van der Waals surface area contributed by atoms with Crippen LogP contribution in [0.5, 0.6) is 0 Å². The summed E-state index contributed by atoms with van der Waals surface area (Å²) >= 11 is 4.01. The van der Waals surface area contributed by atoms with E-state index in [9.17, 15) is 4.79 Å². The minimum absolute atomic E-state index is 0. The molecule has 1 radical (unpaired) electrons. The second kappa shape index (κ2) is 9.81. The first kappa shape index (κ1) is 18.0. The quantitative estimate of drug-likeness (QED) is 0.261. The minimum atomic E-state index is -0.648. The number of rotatable bonds is 5. The molecular formula is C9H16N2O3STc. The van der Waals surface area contributed by atoms with Crippen molar-refractivity contribution in [2.75, 3.05) is 12.4 Å². The molecule has 1 N–H and O–H groups in total. The molecule has 0 rings (SSSR count). The van der Waals surface area contributed by atoms with Crippen LogP contribution in [-0.4, -0.2) is 41.0 Å². The second-order valence-corrected chi connectivity index (χ2v) is 3.22. The Labute approximate surface area is 114 Å². The number of aliphatic imine (C=N–C) groups is 1. The van der Waals surface area contributed by atoms with Crippen LogP contribution in [0.2, 0.25) is 0 Å². The maximum atomic E-state index is 11.3. The SMILES string of the molecule is CCOC(=O)[C@@H](CS)N=C(C)/C(C)=N/O.[99Tc]. The summed E-state index contributed by atoms with van der Waals surface area (Å²) in [4.78, 5) is 15.4. The summed E-state index contributed by atoms with van der Waals surface area (Å²) in [5.74, 6) is -0.160. The van der Waals surface area contributed by atoms with Gasteiger partial charge >= 0.3 is 5.97 Å². The zero-order chi connectivity index (χ0) is 11.8. The minimum Gasteiger partial charge on any atom is -0.464 e. The molecule has 7 heteroatoms. The van der Waals surface area contributed by atoms with E-state index in [4.69, 9.17) is 9.94 Å². The van der Waals surface area contributed by atoms with Crippen molar-refractivity contribution in [1.29, 1.82) is 0 Å². The molecule has 0 fully saturated rings. The summed E-state index contributed by atoms with van der Waals surface area (Å²) in [5, 5.41) is 11.5. The third-order valence-electron chi connectivity index (χ3n) is 1.75. The van der Waals surface area contributed by atoms with Crippen LogP contribution in [0.4, 0.5) is 0 Å². The van der Waals surface area contributed by atoms with E-state index >= 15 is 0 Å². The zero-order valence-corrected chi connectivity index (χ0v) is 12.2. The van der Waals surface area contributed by atoms with Crippen molar-refractivity contribution in [3.8, 4) is 0 Å². The second-order valence-electron chi connectivity index (χ2n) is 2.85. The molecule has 5 nitrogen and oxygen atoms in total. The summed E-state index contributed by atoms with van der Waals surface area (Å²) in [6, 6.07) is -0.648. The van der Waals surface area contributed by atoms with Gasteiger partial charge in [0.05, 0.1) is 18.0 Å². The van der Waals surface area contributed by atoms with Crippen molar-refractivity contribution in [2.24, 2.45) is 10.1 Å². The molecule has 93 valence electrons. The van der Waals surface area contributed by atoms with Gasteiger partial charge < -0.3 is 9.94 Å². The number of thiol groups is 1. The van der Waals surface area contributed by atoms with E-state index in [1.165, 1.54) is 0 Å². The Hall–Kier alpha value is -0.391. The molecule has 0 aromatic carbocycles. The smallest absolute Gasteiger partial charge is 0.331 e. The molecule has 0 bridgehead atoms. The number of hydrogen-bond acceptors (Lipinski definition) is 6. The van der Waals surface area contributed by atoms with Gasteiger partial charge in [0.2, 0.25) is 0 Å². The summed E-state index contributed by atoms with van der Waals surface area (Å²) in [6.45, 7) is 5.29. The van der Waals surface area contributed by atoms with Gasteiger partial charge in [-0.15, -0.1) is 0 Å². The Kier molecular flexibility index (Phi) is 11.0. The standard InChI is InChI=1S/C9H16N2O3S.Tc/c1-4-14-9(12)8(5-15)10-6(2)7(3)11-13;/h8,13,15H,4-5H2,1-3H3;/b10-6?,11-7+;/t8-;/m1./s1/i;1+1. The van der Waals surface area contributed by atoms with Crippen molar-refractivity contribution in [1.82, 2.24) is 0 Å². The van der Waals surface area contributed by atoms with Crippen LogP contribution in [0.1, 0.15) is 20.8 Å². The van der Waals surface area contributed by atoms with Crippen molar-refractivity contribution in [3.05, 3.63) is 0 Å². The van der Waals surface area contributed by atoms with Gasteiger partial charge in [-0.1, -0.05) is 5.16 Å². The van der Waals surface area contributed by atoms with E-state index in [1.54, 1.807) is 20.8 Å². The number of carbonyl (C=O) groups is 1. The van der Waals surface area contributed by atoms with Crippen molar-refractivity contribution in [2.45, 2.75) is 26.8 Å².